The summed E-state index contributed by atoms with van der Waals surface area (Å²) in [4.78, 5) is 43.1. The molecule has 0 atom stereocenters. The Bertz CT molecular complexity index is 547. The van der Waals surface area contributed by atoms with Gasteiger partial charge in [0.2, 0.25) is 0 Å². The van der Waals surface area contributed by atoms with Gasteiger partial charge in [0, 0.05) is 6.08 Å². The number of esters is 1. The Morgan fingerprint density at radius 3 is 2.45 bits per heavy atom. The average Bonchev–Trinajstić information content (AvgIpc) is 2.50. The zero-order chi connectivity index (χ0) is 15.1. The van der Waals surface area contributed by atoms with Crippen LogP contribution in [0.4, 0.5) is 0 Å². The van der Waals surface area contributed by atoms with Crippen LogP contribution in [0.25, 0.3) is 0 Å². The topological polar surface area (TPSA) is 78.9 Å². The maximum absolute atomic E-state index is 11.9. The lowest BCUT2D eigenvalue weighted by Gasteiger charge is -2.10. The Balaban J connectivity index is 3.13. The Hall–Kier alpha value is -2.63. The molecule has 0 spiro atoms. The minimum absolute atomic E-state index is 0.0127. The Labute approximate surface area is 115 Å². The molecule has 0 unspecified atom stereocenters. The Kier molecular flexibility index (Phi) is 5.46. The summed E-state index contributed by atoms with van der Waals surface area (Å²) in [5.41, 5.74) is 0.637. The molecule has 20 heavy (non-hydrogen) atoms. The van der Waals surface area contributed by atoms with Gasteiger partial charge in [-0.25, -0.2) is 24.2 Å². The molecule has 1 rings (SSSR count). The number of methoxy groups -OCH3 is 1. The van der Waals surface area contributed by atoms with E-state index >= 15 is 0 Å². The van der Waals surface area contributed by atoms with Gasteiger partial charge >= 0.3 is 17.9 Å². The highest BCUT2D eigenvalue weighted by atomic mass is 17.2. The lowest BCUT2D eigenvalue weighted by molar-refractivity contribution is -0.228. The van der Waals surface area contributed by atoms with Crippen molar-refractivity contribution in [3.8, 4) is 0 Å². The average molecular weight is 278 g/mol. The number of carbonyl (C=O) groups is 3. The summed E-state index contributed by atoms with van der Waals surface area (Å²) >= 11 is 0. The van der Waals surface area contributed by atoms with Crippen LogP contribution >= 0.6 is 0 Å². The second-order valence-electron chi connectivity index (χ2n) is 3.66. The second kappa shape index (κ2) is 7.08. The molecule has 0 fully saturated rings. The number of hydrogen-bond donors (Lipinski definition) is 0. The molecule has 0 heterocycles. The van der Waals surface area contributed by atoms with Crippen molar-refractivity contribution in [2.75, 3.05) is 7.11 Å². The van der Waals surface area contributed by atoms with E-state index in [-0.39, 0.29) is 11.1 Å². The van der Waals surface area contributed by atoms with Crippen LogP contribution in [0.2, 0.25) is 0 Å². The predicted octanol–water partition coefficient (Wildman–Crippen LogP) is 1.84. The van der Waals surface area contributed by atoms with E-state index in [1.165, 1.54) is 13.2 Å². The number of rotatable bonds is 4. The Morgan fingerprint density at radius 2 is 1.90 bits per heavy atom. The summed E-state index contributed by atoms with van der Waals surface area (Å²) in [5.74, 6) is -2.53. The normalized spacial score (nSPS) is 9.50. The minimum atomic E-state index is -0.946. The third kappa shape index (κ3) is 3.44. The van der Waals surface area contributed by atoms with Crippen LogP contribution in [0.1, 0.15) is 33.2 Å². The first-order valence-corrected chi connectivity index (χ1v) is 5.80. The fourth-order valence-electron chi connectivity index (χ4n) is 1.57. The highest BCUT2D eigenvalue weighted by molar-refractivity contribution is 6.04. The number of ether oxygens (including phenoxy) is 1. The first-order valence-electron chi connectivity index (χ1n) is 5.80. The smallest absolute Gasteiger partial charge is 0.387 e. The molecule has 0 saturated carbocycles. The van der Waals surface area contributed by atoms with Crippen molar-refractivity contribution < 1.29 is 28.9 Å². The van der Waals surface area contributed by atoms with E-state index in [0.717, 1.165) is 6.08 Å². The number of aryl methyl sites for hydroxylation is 1. The van der Waals surface area contributed by atoms with Gasteiger partial charge in [-0.1, -0.05) is 25.6 Å². The second-order valence-corrected chi connectivity index (χ2v) is 3.66. The van der Waals surface area contributed by atoms with E-state index in [9.17, 15) is 14.4 Å². The van der Waals surface area contributed by atoms with Gasteiger partial charge in [-0.2, -0.15) is 0 Å². The lowest BCUT2D eigenvalue weighted by atomic mass is 9.99. The summed E-state index contributed by atoms with van der Waals surface area (Å²) in [6.07, 6.45) is 1.34. The van der Waals surface area contributed by atoms with E-state index in [4.69, 9.17) is 0 Å². The van der Waals surface area contributed by atoms with E-state index in [0.29, 0.717) is 12.0 Å². The van der Waals surface area contributed by atoms with Crippen molar-refractivity contribution in [2.45, 2.75) is 13.3 Å². The molecule has 0 aliphatic rings. The fraction of sp³-hybridized carbons (Fsp3) is 0.214. The molecule has 1 aromatic carbocycles. The van der Waals surface area contributed by atoms with Crippen molar-refractivity contribution >= 4 is 17.9 Å². The zero-order valence-corrected chi connectivity index (χ0v) is 11.2. The van der Waals surface area contributed by atoms with Crippen molar-refractivity contribution in [2.24, 2.45) is 0 Å². The van der Waals surface area contributed by atoms with E-state index < -0.39 is 17.9 Å². The molecule has 0 amide bonds. The van der Waals surface area contributed by atoms with Crippen LogP contribution in [0.3, 0.4) is 0 Å². The van der Waals surface area contributed by atoms with Crippen molar-refractivity contribution in [1.82, 2.24) is 0 Å². The maximum Gasteiger partial charge on any atom is 0.387 e. The predicted molar refractivity (Wildman–Crippen MR) is 68.9 cm³/mol. The summed E-state index contributed by atoms with van der Waals surface area (Å²) in [6, 6.07) is 4.72. The van der Waals surface area contributed by atoms with Gasteiger partial charge in [0.25, 0.3) is 0 Å². The molecule has 106 valence electrons. The number of carbonyl (C=O) groups excluding carboxylic acids is 3. The van der Waals surface area contributed by atoms with Gasteiger partial charge < -0.3 is 4.74 Å². The minimum Gasteiger partial charge on any atom is -0.465 e. The summed E-state index contributed by atoms with van der Waals surface area (Å²) in [6.45, 7) is 4.97. The van der Waals surface area contributed by atoms with Crippen LogP contribution in [-0.2, 0) is 25.7 Å². The van der Waals surface area contributed by atoms with Crippen LogP contribution in [0.15, 0.2) is 30.9 Å². The molecular formula is C14H14O6. The molecule has 0 aliphatic heterocycles. The number of benzene rings is 1. The molecule has 0 aromatic heterocycles. The Morgan fingerprint density at radius 1 is 1.20 bits per heavy atom. The summed E-state index contributed by atoms with van der Waals surface area (Å²) in [7, 11) is 1.20. The highest BCUT2D eigenvalue weighted by Gasteiger charge is 2.23. The van der Waals surface area contributed by atoms with Crippen LogP contribution in [0.5, 0.6) is 0 Å². The molecule has 0 radical (unpaired) electrons. The molecule has 0 aliphatic carbocycles. The molecule has 6 heteroatoms. The summed E-state index contributed by atoms with van der Waals surface area (Å²) in [5, 5.41) is 0. The fourth-order valence-corrected chi connectivity index (χ4v) is 1.57. The van der Waals surface area contributed by atoms with Crippen molar-refractivity contribution in [1.29, 1.82) is 0 Å². The van der Waals surface area contributed by atoms with Gasteiger partial charge in [-0.3, -0.25) is 0 Å². The largest absolute Gasteiger partial charge is 0.465 e. The molecule has 0 N–H and O–H groups in total. The van der Waals surface area contributed by atoms with Crippen LogP contribution in [-0.4, -0.2) is 25.0 Å². The number of hydrogen-bond acceptors (Lipinski definition) is 6. The van der Waals surface area contributed by atoms with E-state index in [1.54, 1.807) is 12.1 Å². The van der Waals surface area contributed by atoms with Crippen molar-refractivity contribution in [3.05, 3.63) is 47.5 Å². The maximum atomic E-state index is 11.9. The van der Waals surface area contributed by atoms with Crippen LogP contribution in [0, 0.1) is 0 Å². The monoisotopic (exact) mass is 278 g/mol. The zero-order valence-electron chi connectivity index (χ0n) is 11.2. The third-order valence-electron chi connectivity index (χ3n) is 2.51. The molecule has 0 bridgehead atoms. The molecular weight excluding hydrogens is 264 g/mol. The molecule has 0 saturated heterocycles. The SMILES string of the molecule is C=CC(=O)OOC(=O)c1c(CC)cccc1C(=O)OC. The van der Waals surface area contributed by atoms with Gasteiger partial charge in [0.15, 0.2) is 0 Å². The van der Waals surface area contributed by atoms with E-state index in [2.05, 4.69) is 21.1 Å². The third-order valence-corrected chi connectivity index (χ3v) is 2.51. The van der Waals surface area contributed by atoms with Gasteiger partial charge in [0.05, 0.1) is 18.2 Å². The summed E-state index contributed by atoms with van der Waals surface area (Å²) < 4.78 is 4.60. The standard InChI is InChI=1S/C14H14O6/c1-4-9-7-6-8-10(13(16)18-3)12(9)14(17)20-19-11(15)5-2/h5-8H,2,4H2,1,3H3. The van der Waals surface area contributed by atoms with Gasteiger partial charge in [0.1, 0.15) is 0 Å². The quantitative estimate of drug-likeness (QED) is 0.362. The van der Waals surface area contributed by atoms with Gasteiger partial charge in [-0.05, 0) is 18.1 Å². The lowest BCUT2D eigenvalue weighted by Crippen LogP contribution is -2.17. The first kappa shape index (κ1) is 15.4. The van der Waals surface area contributed by atoms with Gasteiger partial charge in [-0.15, -0.1) is 0 Å². The highest BCUT2D eigenvalue weighted by Crippen LogP contribution is 2.18. The van der Waals surface area contributed by atoms with Crippen LogP contribution < -0.4 is 0 Å². The van der Waals surface area contributed by atoms with Crippen molar-refractivity contribution in [3.63, 3.8) is 0 Å². The van der Waals surface area contributed by atoms with E-state index in [1.807, 2.05) is 6.92 Å². The first-order chi connectivity index (χ1) is 9.54. The molecule has 1 aromatic rings. The molecule has 6 nitrogen and oxygen atoms in total.